The number of nitro benzene ring substituents is 1. The van der Waals surface area contributed by atoms with Crippen LogP contribution in [0.5, 0.6) is 11.5 Å². The molecule has 1 atom stereocenters. The summed E-state index contributed by atoms with van der Waals surface area (Å²) in [5, 5.41) is 21.9. The molecule has 3 aromatic rings. The predicted molar refractivity (Wildman–Crippen MR) is 126 cm³/mol. The highest BCUT2D eigenvalue weighted by Crippen LogP contribution is 2.37. The van der Waals surface area contributed by atoms with Gasteiger partial charge in [0.1, 0.15) is 11.5 Å². The molecule has 1 N–H and O–H groups in total. The van der Waals surface area contributed by atoms with Gasteiger partial charge in [-0.1, -0.05) is 30.3 Å². The van der Waals surface area contributed by atoms with E-state index in [9.17, 15) is 23.6 Å². The van der Waals surface area contributed by atoms with Crippen molar-refractivity contribution in [1.29, 1.82) is 0 Å². The molecule has 9 nitrogen and oxygen atoms in total. The van der Waals surface area contributed by atoms with E-state index in [1.165, 1.54) is 41.7 Å². The number of sulfonamides is 1. The molecule has 0 amide bonds. The first-order valence-electron chi connectivity index (χ1n) is 10.7. The van der Waals surface area contributed by atoms with Crippen LogP contribution in [-0.2, 0) is 10.0 Å². The van der Waals surface area contributed by atoms with Gasteiger partial charge in [0.15, 0.2) is 0 Å². The topological polar surface area (TPSA) is 113 Å². The summed E-state index contributed by atoms with van der Waals surface area (Å²) in [6, 6.07) is 19.2. The first kappa shape index (κ1) is 23.7. The van der Waals surface area contributed by atoms with Gasteiger partial charge in [0.2, 0.25) is 10.0 Å². The Morgan fingerprint density at radius 3 is 2.21 bits per heavy atom. The van der Waals surface area contributed by atoms with Crippen LogP contribution in [0.3, 0.4) is 0 Å². The van der Waals surface area contributed by atoms with Gasteiger partial charge >= 0.3 is 0 Å². The van der Waals surface area contributed by atoms with Crippen LogP contribution in [0.25, 0.3) is 0 Å². The van der Waals surface area contributed by atoms with Crippen molar-refractivity contribution in [3.05, 3.63) is 94.0 Å². The number of ether oxygens (including phenoxy) is 1. The van der Waals surface area contributed by atoms with Crippen LogP contribution in [0.15, 0.2) is 77.7 Å². The van der Waals surface area contributed by atoms with E-state index < -0.39 is 21.0 Å². The van der Waals surface area contributed by atoms with Crippen molar-refractivity contribution in [3.8, 4) is 11.5 Å². The second kappa shape index (κ2) is 9.80. The number of nitrogens with zero attached hydrogens (tertiary/aromatic N) is 3. The Balaban J connectivity index is 1.61. The fraction of sp³-hybridized carbons (Fsp3) is 0.250. The zero-order chi connectivity index (χ0) is 24.3. The van der Waals surface area contributed by atoms with Crippen LogP contribution >= 0.6 is 0 Å². The van der Waals surface area contributed by atoms with Gasteiger partial charge in [0, 0.05) is 43.9 Å². The Morgan fingerprint density at radius 2 is 1.62 bits per heavy atom. The lowest BCUT2D eigenvalue weighted by molar-refractivity contribution is -0.385. The summed E-state index contributed by atoms with van der Waals surface area (Å²) in [6.07, 6.45) is 0. The maximum absolute atomic E-state index is 13.1. The summed E-state index contributed by atoms with van der Waals surface area (Å²) in [5.74, 6) is 0.527. The summed E-state index contributed by atoms with van der Waals surface area (Å²) >= 11 is 0. The van der Waals surface area contributed by atoms with Crippen molar-refractivity contribution in [2.24, 2.45) is 0 Å². The molecule has 0 saturated carbocycles. The molecule has 178 valence electrons. The molecule has 0 radical (unpaired) electrons. The van der Waals surface area contributed by atoms with Crippen molar-refractivity contribution in [2.75, 3.05) is 33.3 Å². The van der Waals surface area contributed by atoms with Crippen LogP contribution in [0.1, 0.15) is 17.2 Å². The third-order valence-corrected chi connectivity index (χ3v) is 7.88. The molecule has 1 aliphatic heterocycles. The van der Waals surface area contributed by atoms with Gasteiger partial charge in [-0.2, -0.15) is 4.31 Å². The SMILES string of the molecule is COc1ccc(S(=O)(=O)N2CCN([C@H](c3ccccc3)c3cc([N+](=O)[O-])ccc3O)CC2)cc1. The smallest absolute Gasteiger partial charge is 0.270 e. The molecule has 0 spiro atoms. The standard InChI is InChI=1S/C24H25N3O6S/c1-33-20-8-10-21(11-9-20)34(31,32)26-15-13-25(14-16-26)24(18-5-3-2-4-6-18)22-17-19(27(29)30)7-12-23(22)28/h2-12,17,24,28H,13-16H2,1H3/t24-/m1/s1. The molecule has 4 rings (SSSR count). The van der Waals surface area contributed by atoms with Crippen molar-refractivity contribution in [1.82, 2.24) is 9.21 Å². The zero-order valence-corrected chi connectivity index (χ0v) is 19.4. The second-order valence-electron chi connectivity index (χ2n) is 7.93. The minimum absolute atomic E-state index is 0.0484. The normalized spacial score (nSPS) is 16.1. The average Bonchev–Trinajstić information content (AvgIpc) is 2.86. The molecule has 1 aliphatic rings. The molecule has 1 saturated heterocycles. The van der Waals surface area contributed by atoms with Crippen LogP contribution in [0, 0.1) is 10.1 Å². The molecule has 1 heterocycles. The highest BCUT2D eigenvalue weighted by molar-refractivity contribution is 7.89. The Morgan fingerprint density at radius 1 is 0.971 bits per heavy atom. The number of piperazine rings is 1. The number of phenols is 1. The monoisotopic (exact) mass is 483 g/mol. The van der Waals surface area contributed by atoms with E-state index in [0.717, 1.165) is 5.56 Å². The number of methoxy groups -OCH3 is 1. The average molecular weight is 484 g/mol. The fourth-order valence-electron chi connectivity index (χ4n) is 4.20. The van der Waals surface area contributed by atoms with Crippen LogP contribution in [0.2, 0.25) is 0 Å². The quantitative estimate of drug-likeness (QED) is 0.405. The lowest BCUT2D eigenvalue weighted by Crippen LogP contribution is -2.49. The minimum atomic E-state index is -3.68. The van der Waals surface area contributed by atoms with Crippen molar-refractivity contribution >= 4 is 15.7 Å². The number of aromatic hydroxyl groups is 1. The van der Waals surface area contributed by atoms with Gasteiger partial charge in [-0.3, -0.25) is 15.0 Å². The molecule has 1 fully saturated rings. The second-order valence-corrected chi connectivity index (χ2v) is 9.87. The lowest BCUT2D eigenvalue weighted by Gasteiger charge is -2.39. The first-order chi connectivity index (χ1) is 16.3. The highest BCUT2D eigenvalue weighted by Gasteiger charge is 2.33. The Kier molecular flexibility index (Phi) is 6.82. The molecular formula is C24H25N3O6S. The number of phenolic OH excluding ortho intramolecular Hbond substituents is 1. The third-order valence-electron chi connectivity index (χ3n) is 5.97. The summed E-state index contributed by atoms with van der Waals surface area (Å²) in [4.78, 5) is 13.1. The number of rotatable bonds is 7. The van der Waals surface area contributed by atoms with E-state index >= 15 is 0 Å². The summed E-state index contributed by atoms with van der Waals surface area (Å²) in [6.45, 7) is 1.26. The largest absolute Gasteiger partial charge is 0.508 e. The van der Waals surface area contributed by atoms with E-state index in [1.807, 2.05) is 35.2 Å². The molecule has 0 bridgehead atoms. The van der Waals surface area contributed by atoms with E-state index in [0.29, 0.717) is 24.4 Å². The van der Waals surface area contributed by atoms with E-state index in [1.54, 1.807) is 12.1 Å². The fourth-order valence-corrected chi connectivity index (χ4v) is 5.62. The number of hydrogen-bond donors (Lipinski definition) is 1. The zero-order valence-electron chi connectivity index (χ0n) is 18.6. The Hall–Kier alpha value is -3.47. The number of benzene rings is 3. The first-order valence-corrected chi connectivity index (χ1v) is 12.2. The number of nitro groups is 1. The Labute approximate surface area is 198 Å². The predicted octanol–water partition coefficient (Wildman–Crippen LogP) is 3.40. The summed E-state index contributed by atoms with van der Waals surface area (Å²) in [5.41, 5.74) is 1.14. The van der Waals surface area contributed by atoms with Crippen LogP contribution < -0.4 is 4.74 Å². The molecule has 10 heteroatoms. The number of hydrogen-bond acceptors (Lipinski definition) is 7. The maximum atomic E-state index is 13.1. The van der Waals surface area contributed by atoms with Gasteiger partial charge < -0.3 is 9.84 Å². The van der Waals surface area contributed by atoms with Gasteiger partial charge in [0.25, 0.3) is 5.69 Å². The van der Waals surface area contributed by atoms with Gasteiger partial charge in [0.05, 0.1) is 23.0 Å². The molecule has 0 aliphatic carbocycles. The van der Waals surface area contributed by atoms with E-state index in [-0.39, 0.29) is 29.4 Å². The van der Waals surface area contributed by atoms with E-state index in [4.69, 9.17) is 4.74 Å². The molecule has 34 heavy (non-hydrogen) atoms. The van der Waals surface area contributed by atoms with Crippen molar-refractivity contribution in [2.45, 2.75) is 10.9 Å². The number of non-ortho nitro benzene ring substituents is 1. The maximum Gasteiger partial charge on any atom is 0.270 e. The molecule has 3 aromatic carbocycles. The summed E-state index contributed by atoms with van der Waals surface area (Å²) in [7, 11) is -2.16. The minimum Gasteiger partial charge on any atom is -0.508 e. The molecule has 0 aromatic heterocycles. The van der Waals surface area contributed by atoms with Crippen LogP contribution in [0.4, 0.5) is 5.69 Å². The van der Waals surface area contributed by atoms with Gasteiger partial charge in [-0.15, -0.1) is 0 Å². The molecular weight excluding hydrogens is 458 g/mol. The van der Waals surface area contributed by atoms with Gasteiger partial charge in [-0.05, 0) is 35.9 Å². The highest BCUT2D eigenvalue weighted by atomic mass is 32.2. The summed E-state index contributed by atoms with van der Waals surface area (Å²) < 4.78 is 32.8. The van der Waals surface area contributed by atoms with Crippen molar-refractivity contribution < 1.29 is 23.2 Å². The van der Waals surface area contributed by atoms with E-state index in [2.05, 4.69) is 0 Å². The lowest BCUT2D eigenvalue weighted by atomic mass is 9.95. The van der Waals surface area contributed by atoms with Crippen molar-refractivity contribution in [3.63, 3.8) is 0 Å². The third kappa shape index (κ3) is 4.74. The Bertz CT molecular complexity index is 1260. The van der Waals surface area contributed by atoms with Gasteiger partial charge in [-0.25, -0.2) is 8.42 Å². The van der Waals surface area contributed by atoms with Crippen LogP contribution in [-0.4, -0.2) is 60.9 Å². The molecule has 0 unspecified atom stereocenters.